The minimum atomic E-state index is -1.30. The van der Waals surface area contributed by atoms with E-state index in [-0.39, 0.29) is 23.9 Å². The average Bonchev–Trinajstić information content (AvgIpc) is 3.75. The Hall–Kier alpha value is -4.48. The fraction of sp³-hybridized carbons (Fsp3) is 0.290. The van der Waals surface area contributed by atoms with Gasteiger partial charge in [-0.25, -0.2) is 24.1 Å². The number of benzene rings is 2. The molecule has 0 amide bonds. The van der Waals surface area contributed by atoms with Gasteiger partial charge in [-0.2, -0.15) is 0 Å². The van der Waals surface area contributed by atoms with Gasteiger partial charge in [0.1, 0.15) is 30.9 Å². The summed E-state index contributed by atoms with van der Waals surface area (Å²) in [5.74, 6) is -0.360. The van der Waals surface area contributed by atoms with Crippen LogP contribution in [0.25, 0.3) is 11.2 Å². The number of fused-ring (bicyclic) bond motifs is 2. The van der Waals surface area contributed by atoms with E-state index >= 15 is 0 Å². The number of esters is 1. The lowest BCUT2D eigenvalue weighted by Crippen LogP contribution is -2.36. The largest absolute Gasteiger partial charge is 0.447 e. The molecule has 2 aliphatic rings. The number of hydrogen-bond donors (Lipinski definition) is 0. The van der Waals surface area contributed by atoms with E-state index in [2.05, 4.69) is 19.9 Å². The smallest absolute Gasteiger partial charge is 0.358 e. The van der Waals surface area contributed by atoms with Crippen LogP contribution in [0.15, 0.2) is 71.7 Å². The zero-order chi connectivity index (χ0) is 29.6. The Morgan fingerprint density at radius 1 is 1.14 bits per heavy atom. The second kappa shape index (κ2) is 11.0. The van der Waals surface area contributed by atoms with Gasteiger partial charge in [0.2, 0.25) is 5.89 Å². The summed E-state index contributed by atoms with van der Waals surface area (Å²) >= 11 is 5.95. The van der Waals surface area contributed by atoms with Crippen molar-refractivity contribution < 1.29 is 27.8 Å². The molecule has 2 aliphatic heterocycles. The van der Waals surface area contributed by atoms with Crippen LogP contribution in [0.2, 0.25) is 5.02 Å². The van der Waals surface area contributed by atoms with E-state index in [4.69, 9.17) is 30.2 Å². The number of likely N-dealkylation sites (tertiary alicyclic amines) is 1. The second-order valence-corrected chi connectivity index (χ2v) is 11.2. The number of aromatic nitrogens is 4. The van der Waals surface area contributed by atoms with Crippen molar-refractivity contribution in [1.29, 1.82) is 0 Å². The fourth-order valence-electron chi connectivity index (χ4n) is 5.68. The summed E-state index contributed by atoms with van der Waals surface area (Å²) in [5, 5.41) is 0.308. The number of carbonyl (C=O) groups is 1. The summed E-state index contributed by atoms with van der Waals surface area (Å²) < 4.78 is 39.9. The summed E-state index contributed by atoms with van der Waals surface area (Å²) in [5.41, 5.74) is 2.71. The van der Waals surface area contributed by atoms with Gasteiger partial charge in [0.25, 0.3) is 5.79 Å². The molecule has 7 rings (SSSR count). The summed E-state index contributed by atoms with van der Waals surface area (Å²) in [7, 11) is 0. The second-order valence-electron chi connectivity index (χ2n) is 10.7. The van der Waals surface area contributed by atoms with Crippen molar-refractivity contribution in [3.63, 3.8) is 0 Å². The maximum atomic E-state index is 14.7. The minimum absolute atomic E-state index is 0.154. The predicted molar refractivity (Wildman–Crippen MR) is 153 cm³/mol. The molecule has 3 aromatic heterocycles. The molecule has 220 valence electrons. The number of carbonyl (C=O) groups excluding carboxylic acids is 1. The quantitative estimate of drug-likeness (QED) is 0.210. The molecule has 0 N–H and O–H groups in total. The van der Waals surface area contributed by atoms with Gasteiger partial charge in [-0.1, -0.05) is 23.7 Å². The van der Waals surface area contributed by atoms with Crippen molar-refractivity contribution in [2.75, 3.05) is 19.8 Å². The number of imidazole rings is 1. The molecule has 43 heavy (non-hydrogen) atoms. The van der Waals surface area contributed by atoms with E-state index in [1.807, 2.05) is 18.2 Å². The van der Waals surface area contributed by atoms with Crippen LogP contribution in [-0.4, -0.2) is 50.2 Å². The molecule has 1 atom stereocenters. The molecule has 2 aromatic carbocycles. The van der Waals surface area contributed by atoms with E-state index in [0.29, 0.717) is 40.1 Å². The third-order valence-electron chi connectivity index (χ3n) is 7.90. The Bertz CT molecular complexity index is 1800. The number of para-hydroxylation sites is 1. The number of rotatable bonds is 7. The number of halogens is 2. The number of pyridine rings is 1. The molecule has 5 heterocycles. The highest BCUT2D eigenvalue weighted by Crippen LogP contribution is 2.49. The van der Waals surface area contributed by atoms with Gasteiger partial charge < -0.3 is 23.2 Å². The van der Waals surface area contributed by atoms with E-state index in [1.54, 1.807) is 48.3 Å². The van der Waals surface area contributed by atoms with Gasteiger partial charge >= 0.3 is 5.97 Å². The van der Waals surface area contributed by atoms with Gasteiger partial charge in [0.05, 0.1) is 18.1 Å². The molecule has 10 nitrogen and oxygen atoms in total. The van der Waals surface area contributed by atoms with Crippen molar-refractivity contribution in [1.82, 2.24) is 24.4 Å². The normalized spacial score (nSPS) is 18.8. The first kappa shape index (κ1) is 27.4. The van der Waals surface area contributed by atoms with Crippen LogP contribution in [0.3, 0.4) is 0 Å². The highest BCUT2D eigenvalue weighted by molar-refractivity contribution is 6.30. The van der Waals surface area contributed by atoms with Crippen LogP contribution >= 0.6 is 11.6 Å². The Morgan fingerprint density at radius 2 is 2.00 bits per heavy atom. The van der Waals surface area contributed by atoms with Gasteiger partial charge in [0.15, 0.2) is 22.8 Å². The van der Waals surface area contributed by atoms with Gasteiger partial charge in [-0.3, -0.25) is 4.90 Å². The highest BCUT2D eigenvalue weighted by Gasteiger charge is 2.43. The average molecular weight is 604 g/mol. The number of piperidine rings is 1. The number of oxazole rings is 1. The van der Waals surface area contributed by atoms with Crippen molar-refractivity contribution in [2.45, 2.75) is 38.0 Å². The number of hydrogen-bond acceptors (Lipinski definition) is 9. The Labute approximate surface area is 251 Å². The number of ether oxygens (including phenoxy) is 3. The van der Waals surface area contributed by atoms with Crippen molar-refractivity contribution in [3.8, 4) is 11.5 Å². The molecule has 0 spiro atoms. The van der Waals surface area contributed by atoms with Crippen LogP contribution in [0.5, 0.6) is 11.5 Å². The molecular weight excluding hydrogens is 577 g/mol. The van der Waals surface area contributed by atoms with Gasteiger partial charge in [-0.05, 0) is 55.2 Å². The first-order chi connectivity index (χ1) is 20.9. The van der Waals surface area contributed by atoms with Crippen LogP contribution < -0.4 is 9.47 Å². The molecular formula is C31H27ClFN5O5. The molecule has 1 fully saturated rings. The molecule has 0 saturated carbocycles. The van der Waals surface area contributed by atoms with E-state index in [9.17, 15) is 9.18 Å². The maximum Gasteiger partial charge on any atom is 0.358 e. The molecule has 1 unspecified atom stereocenters. The van der Waals surface area contributed by atoms with E-state index < -0.39 is 17.6 Å². The van der Waals surface area contributed by atoms with E-state index in [1.165, 1.54) is 12.3 Å². The first-order valence-corrected chi connectivity index (χ1v) is 14.3. The van der Waals surface area contributed by atoms with Crippen LogP contribution in [0.4, 0.5) is 4.39 Å². The first-order valence-electron chi connectivity index (χ1n) is 13.9. The fourth-order valence-corrected chi connectivity index (χ4v) is 5.84. The Kier molecular flexibility index (Phi) is 6.98. The summed E-state index contributed by atoms with van der Waals surface area (Å²) in [6.07, 6.45) is 6.36. The highest BCUT2D eigenvalue weighted by atomic mass is 35.5. The zero-order valence-corrected chi connectivity index (χ0v) is 24.0. The molecule has 5 aromatic rings. The van der Waals surface area contributed by atoms with Crippen LogP contribution in [0, 0.1) is 5.82 Å². The number of nitrogens with zero attached hydrogens (tertiary/aromatic N) is 5. The lowest BCUT2D eigenvalue weighted by atomic mass is 9.89. The molecule has 0 aliphatic carbocycles. The molecule has 12 heteroatoms. The maximum absolute atomic E-state index is 14.7. The summed E-state index contributed by atoms with van der Waals surface area (Å²) in [6, 6.07) is 13.6. The SMILES string of the molecule is CC1(c2ccc(Cl)cc2F)Oc2cccc(C3CCN(COC(=O)c4ccc5ncn(Cc6ncco6)c5n4)CC3)c2O1. The van der Waals surface area contributed by atoms with Crippen molar-refractivity contribution in [3.05, 3.63) is 101 Å². The predicted octanol–water partition coefficient (Wildman–Crippen LogP) is 5.90. The van der Waals surface area contributed by atoms with E-state index in [0.717, 1.165) is 31.5 Å². The zero-order valence-electron chi connectivity index (χ0n) is 23.2. The monoisotopic (exact) mass is 603 g/mol. The van der Waals surface area contributed by atoms with Crippen LogP contribution in [0.1, 0.15) is 53.2 Å². The topological polar surface area (TPSA) is 105 Å². The standard InChI is InChI=1S/C31H27ClFN5O5/c1-31(22-6-5-20(32)15-23(22)33)42-26-4-2-3-21(28(26)43-31)19-9-12-37(13-10-19)18-41-30(39)25-8-7-24-29(36-25)38(17-35-24)16-27-34-11-14-40-27/h2-8,11,14-15,17,19H,9-10,12-13,16,18H2,1H3. The molecule has 1 saturated heterocycles. The molecule has 0 bridgehead atoms. The van der Waals surface area contributed by atoms with Crippen molar-refractivity contribution in [2.24, 2.45) is 0 Å². The van der Waals surface area contributed by atoms with Crippen molar-refractivity contribution >= 4 is 28.7 Å². The minimum Gasteiger partial charge on any atom is -0.447 e. The molecule has 0 radical (unpaired) electrons. The van der Waals surface area contributed by atoms with Crippen LogP contribution in [-0.2, 0) is 17.1 Å². The summed E-state index contributed by atoms with van der Waals surface area (Å²) in [4.78, 5) is 27.9. The lowest BCUT2D eigenvalue weighted by Gasteiger charge is -2.32. The van der Waals surface area contributed by atoms with Gasteiger partial charge in [-0.15, -0.1) is 0 Å². The third-order valence-corrected chi connectivity index (χ3v) is 8.13. The lowest BCUT2D eigenvalue weighted by molar-refractivity contribution is -0.0712. The third kappa shape index (κ3) is 5.30. The summed E-state index contributed by atoms with van der Waals surface area (Å²) in [6.45, 7) is 3.66. The Morgan fingerprint density at radius 3 is 2.79 bits per heavy atom. The Balaban J connectivity index is 0.974. The van der Waals surface area contributed by atoms with Gasteiger partial charge in [0, 0.05) is 30.6 Å².